The maximum atomic E-state index is 14.0. The quantitative estimate of drug-likeness (QED) is 0.611. The molecule has 6 nitrogen and oxygen atoms in total. The van der Waals surface area contributed by atoms with Crippen molar-refractivity contribution in [1.29, 1.82) is 0 Å². The van der Waals surface area contributed by atoms with Crippen LogP contribution in [-0.4, -0.2) is 44.3 Å². The summed E-state index contributed by atoms with van der Waals surface area (Å²) in [6, 6.07) is 3.95. The van der Waals surface area contributed by atoms with Gasteiger partial charge in [-0.05, 0) is 67.6 Å². The van der Waals surface area contributed by atoms with E-state index in [9.17, 15) is 12.8 Å². The Balaban J connectivity index is 1.19. The first-order chi connectivity index (χ1) is 14.8. The van der Waals surface area contributed by atoms with Gasteiger partial charge in [-0.25, -0.2) is 22.8 Å². The second-order valence-corrected chi connectivity index (χ2v) is 10.7. The molecule has 2 fully saturated rings. The molecule has 168 valence electrons. The van der Waals surface area contributed by atoms with Crippen LogP contribution in [-0.2, 0) is 16.3 Å². The highest BCUT2D eigenvalue weighted by Crippen LogP contribution is 2.49. The van der Waals surface area contributed by atoms with Crippen LogP contribution in [0.3, 0.4) is 0 Å². The Morgan fingerprint density at radius 2 is 1.90 bits per heavy atom. The van der Waals surface area contributed by atoms with E-state index in [1.165, 1.54) is 31.4 Å². The molecule has 8 heteroatoms. The summed E-state index contributed by atoms with van der Waals surface area (Å²) in [6.07, 6.45) is 10.3. The van der Waals surface area contributed by atoms with Gasteiger partial charge in [-0.15, -0.1) is 0 Å². The van der Waals surface area contributed by atoms with Gasteiger partial charge < -0.3 is 9.64 Å². The maximum absolute atomic E-state index is 14.0. The first-order valence-corrected chi connectivity index (χ1v) is 12.9. The monoisotopic (exact) mass is 447 g/mol. The third kappa shape index (κ3) is 5.34. The van der Waals surface area contributed by atoms with Crippen LogP contribution in [0.2, 0.25) is 0 Å². The Hall–Kier alpha value is -2.22. The number of aryl methyl sites for hydroxylation is 1. The van der Waals surface area contributed by atoms with Crippen molar-refractivity contribution in [2.75, 3.05) is 30.9 Å². The van der Waals surface area contributed by atoms with Crippen molar-refractivity contribution in [2.45, 2.75) is 43.9 Å². The van der Waals surface area contributed by atoms with Gasteiger partial charge in [-0.3, -0.25) is 0 Å². The Morgan fingerprint density at radius 3 is 2.52 bits per heavy atom. The summed E-state index contributed by atoms with van der Waals surface area (Å²) in [4.78, 5) is 11.0. The predicted molar refractivity (Wildman–Crippen MR) is 118 cm³/mol. The van der Waals surface area contributed by atoms with Crippen LogP contribution >= 0.6 is 0 Å². The summed E-state index contributed by atoms with van der Waals surface area (Å²) < 4.78 is 42.6. The number of nitrogens with zero attached hydrogens (tertiary/aromatic N) is 3. The minimum atomic E-state index is -3.56. The van der Waals surface area contributed by atoms with Crippen molar-refractivity contribution in [3.8, 4) is 5.75 Å². The zero-order valence-corrected chi connectivity index (χ0v) is 18.9. The first kappa shape index (κ1) is 22.0. The predicted octanol–water partition coefficient (Wildman–Crippen LogP) is 3.90. The first-order valence-electron chi connectivity index (χ1n) is 11.0. The number of ether oxygens (including phenoxy) is 1. The lowest BCUT2D eigenvalue weighted by atomic mass is 9.90. The molecular weight excluding hydrogens is 417 g/mol. The third-order valence-electron chi connectivity index (χ3n) is 6.57. The van der Waals surface area contributed by atoms with Crippen LogP contribution in [0.4, 0.5) is 10.3 Å². The summed E-state index contributed by atoms with van der Waals surface area (Å²) in [5.74, 6) is 2.61. The number of halogens is 1. The Bertz CT molecular complexity index is 1010. The van der Waals surface area contributed by atoms with Gasteiger partial charge >= 0.3 is 0 Å². The van der Waals surface area contributed by atoms with Crippen molar-refractivity contribution in [3.63, 3.8) is 0 Å². The molecule has 0 radical (unpaired) electrons. The van der Waals surface area contributed by atoms with Crippen molar-refractivity contribution in [1.82, 2.24) is 9.97 Å². The summed E-state index contributed by atoms with van der Waals surface area (Å²) in [6.45, 7) is 4.63. The molecule has 0 amide bonds. The van der Waals surface area contributed by atoms with E-state index >= 15 is 0 Å². The Labute approximate surface area is 183 Å². The second-order valence-electron chi connectivity index (χ2n) is 8.73. The average molecular weight is 448 g/mol. The number of piperidine rings is 1. The number of benzene rings is 1. The molecular formula is C23H30FN3O3S. The molecule has 31 heavy (non-hydrogen) atoms. The van der Waals surface area contributed by atoms with Gasteiger partial charge in [0, 0.05) is 37.8 Å². The van der Waals surface area contributed by atoms with Gasteiger partial charge in [-0.1, -0.05) is 6.92 Å². The van der Waals surface area contributed by atoms with Crippen LogP contribution in [0.5, 0.6) is 5.75 Å². The molecule has 2 aromatic rings. The SMILES string of the molecule is CCc1cnc(N2CCC([C@@H]3C[C@H]3CCOc3ccc(S(C)(=O)=O)c(F)c3)CC2)nc1. The van der Waals surface area contributed by atoms with Crippen molar-refractivity contribution >= 4 is 15.8 Å². The zero-order chi connectivity index (χ0) is 22.0. The standard InChI is InChI=1S/C23H30FN3O3S/c1-3-16-14-25-23(26-15-16)27-9-6-17(7-10-27)20-12-18(20)8-11-30-19-4-5-22(21(24)13-19)31(2,28)29/h4-5,13-15,17-18,20H,3,6-12H2,1-2H3/t18-,20+/m1/s1. The van der Waals surface area contributed by atoms with Crippen LogP contribution in [0.25, 0.3) is 0 Å². The lowest BCUT2D eigenvalue weighted by Gasteiger charge is -2.32. The van der Waals surface area contributed by atoms with Crippen LogP contribution in [0.15, 0.2) is 35.5 Å². The number of sulfone groups is 1. The lowest BCUT2D eigenvalue weighted by molar-refractivity contribution is 0.283. The van der Waals surface area contributed by atoms with E-state index in [0.29, 0.717) is 18.3 Å². The molecule has 0 N–H and O–H groups in total. The van der Waals surface area contributed by atoms with Crippen LogP contribution in [0.1, 0.15) is 38.2 Å². The topological polar surface area (TPSA) is 72.4 Å². The van der Waals surface area contributed by atoms with Gasteiger partial charge in [0.05, 0.1) is 6.61 Å². The summed E-state index contributed by atoms with van der Waals surface area (Å²) in [7, 11) is -3.56. The van der Waals surface area contributed by atoms with E-state index in [1.54, 1.807) is 0 Å². The van der Waals surface area contributed by atoms with E-state index < -0.39 is 15.7 Å². The molecule has 1 saturated heterocycles. The molecule has 1 saturated carbocycles. The average Bonchev–Trinajstić information content (AvgIpc) is 3.53. The maximum Gasteiger partial charge on any atom is 0.225 e. The third-order valence-corrected chi connectivity index (χ3v) is 7.70. The van der Waals surface area contributed by atoms with E-state index in [2.05, 4.69) is 21.8 Å². The highest BCUT2D eigenvalue weighted by atomic mass is 32.2. The van der Waals surface area contributed by atoms with Gasteiger partial charge in [0.1, 0.15) is 16.5 Å². The Morgan fingerprint density at radius 1 is 1.19 bits per heavy atom. The molecule has 0 spiro atoms. The molecule has 1 aromatic heterocycles. The van der Waals surface area contributed by atoms with E-state index in [4.69, 9.17) is 4.74 Å². The van der Waals surface area contributed by atoms with Gasteiger partial charge in [-0.2, -0.15) is 0 Å². The Kier molecular flexibility index (Phi) is 6.46. The van der Waals surface area contributed by atoms with Crippen LogP contribution in [0, 0.1) is 23.6 Å². The van der Waals surface area contributed by atoms with Crippen LogP contribution < -0.4 is 9.64 Å². The van der Waals surface area contributed by atoms with E-state index in [-0.39, 0.29) is 4.90 Å². The second kappa shape index (κ2) is 9.10. The summed E-state index contributed by atoms with van der Waals surface area (Å²) >= 11 is 0. The van der Waals surface area contributed by atoms with E-state index in [0.717, 1.165) is 61.6 Å². The minimum absolute atomic E-state index is 0.292. The number of hydrogen-bond acceptors (Lipinski definition) is 6. The number of anilines is 1. The highest BCUT2D eigenvalue weighted by Gasteiger charge is 2.43. The van der Waals surface area contributed by atoms with Crippen molar-refractivity contribution < 1.29 is 17.5 Å². The van der Waals surface area contributed by atoms with Crippen molar-refractivity contribution in [2.24, 2.45) is 17.8 Å². The molecule has 0 unspecified atom stereocenters. The van der Waals surface area contributed by atoms with E-state index in [1.807, 2.05) is 12.4 Å². The molecule has 1 aromatic carbocycles. The molecule has 2 atom stereocenters. The minimum Gasteiger partial charge on any atom is -0.493 e. The smallest absolute Gasteiger partial charge is 0.225 e. The summed E-state index contributed by atoms with van der Waals surface area (Å²) in [5, 5.41) is 0. The largest absolute Gasteiger partial charge is 0.493 e. The summed E-state index contributed by atoms with van der Waals surface area (Å²) in [5.41, 5.74) is 1.16. The van der Waals surface area contributed by atoms with Crippen molar-refractivity contribution in [3.05, 3.63) is 42.0 Å². The molecule has 0 bridgehead atoms. The molecule has 2 heterocycles. The molecule has 4 rings (SSSR count). The zero-order valence-electron chi connectivity index (χ0n) is 18.1. The van der Waals surface area contributed by atoms with Gasteiger partial charge in [0.2, 0.25) is 5.95 Å². The fourth-order valence-electron chi connectivity index (χ4n) is 4.60. The number of hydrogen-bond donors (Lipinski definition) is 0. The highest BCUT2D eigenvalue weighted by molar-refractivity contribution is 7.90. The molecule has 2 aliphatic rings. The number of rotatable bonds is 8. The fourth-order valence-corrected chi connectivity index (χ4v) is 5.33. The fraction of sp³-hybridized carbons (Fsp3) is 0.565. The molecule has 1 aliphatic heterocycles. The normalized spacial score (nSPS) is 21.8. The number of aromatic nitrogens is 2. The molecule has 1 aliphatic carbocycles. The van der Waals surface area contributed by atoms with Gasteiger partial charge in [0.15, 0.2) is 9.84 Å². The lowest BCUT2D eigenvalue weighted by Crippen LogP contribution is -2.35. The van der Waals surface area contributed by atoms with Gasteiger partial charge in [0.25, 0.3) is 0 Å².